The predicted octanol–water partition coefficient (Wildman–Crippen LogP) is 1.12. The summed E-state index contributed by atoms with van der Waals surface area (Å²) in [7, 11) is 0. The molecule has 0 N–H and O–H groups in total. The van der Waals surface area contributed by atoms with Crippen LogP contribution in [-0.4, -0.2) is 11.6 Å². The van der Waals surface area contributed by atoms with E-state index in [1.807, 2.05) is 6.07 Å². The molecule has 0 heterocycles. The highest BCUT2D eigenvalue weighted by Crippen LogP contribution is 2.12. The van der Waals surface area contributed by atoms with Gasteiger partial charge in [0.05, 0.1) is 5.03 Å². The fraction of sp³-hybridized carbons (Fsp3) is 0.0909. The summed E-state index contributed by atoms with van der Waals surface area (Å²) in [6, 6.07) is 5.34. The number of ketones is 2. The van der Waals surface area contributed by atoms with Crippen molar-refractivity contribution >= 4 is 49.7 Å². The van der Waals surface area contributed by atoms with Gasteiger partial charge in [0.15, 0.2) is 0 Å². The molecule has 0 saturated carbocycles. The van der Waals surface area contributed by atoms with E-state index in [2.05, 4.69) is 15.9 Å². The van der Waals surface area contributed by atoms with Gasteiger partial charge in [-0.3, -0.25) is 9.59 Å². The molecule has 0 saturated heterocycles. The van der Waals surface area contributed by atoms with E-state index in [1.165, 1.54) is 0 Å². The van der Waals surface area contributed by atoms with Crippen molar-refractivity contribution < 1.29 is 9.59 Å². The van der Waals surface area contributed by atoms with Crippen LogP contribution in [0.4, 0.5) is 0 Å². The molecule has 76 valence electrons. The number of fused-ring (bicyclic) bond motifs is 1. The van der Waals surface area contributed by atoms with E-state index in [1.54, 1.807) is 19.1 Å². The number of Topliss-reactive ketones (excluding diaryl/α,β-unsaturated/α-hetero) is 2. The number of hydrogen-bond donors (Lipinski definition) is 0. The number of benzene rings is 1. The third kappa shape index (κ3) is 1.56. The Morgan fingerprint density at radius 3 is 2.47 bits per heavy atom. The van der Waals surface area contributed by atoms with Crippen molar-refractivity contribution in [3.63, 3.8) is 0 Å². The summed E-state index contributed by atoms with van der Waals surface area (Å²) >= 11 is 9.14. The lowest BCUT2D eigenvalue weighted by atomic mass is 9.99. The number of halogens is 2. The first kappa shape index (κ1) is 10.6. The van der Waals surface area contributed by atoms with Gasteiger partial charge in [0.2, 0.25) is 11.6 Å². The Hall–Kier alpha value is -0.930. The molecule has 0 unspecified atom stereocenters. The zero-order chi connectivity index (χ0) is 11.2. The highest BCUT2D eigenvalue weighted by atomic mass is 79.9. The molecule has 0 aromatic heterocycles. The van der Waals surface area contributed by atoms with Crippen molar-refractivity contribution in [3.8, 4) is 0 Å². The average Bonchev–Trinajstić information content (AvgIpc) is 2.23. The Morgan fingerprint density at radius 1 is 1.13 bits per heavy atom. The monoisotopic (exact) mass is 284 g/mol. The second kappa shape index (κ2) is 3.58. The maximum atomic E-state index is 11.5. The first-order valence-electron chi connectivity index (χ1n) is 4.27. The van der Waals surface area contributed by atoms with E-state index < -0.39 is 11.6 Å². The number of carbonyl (C=O) groups is 2. The molecule has 0 atom stereocenters. The summed E-state index contributed by atoms with van der Waals surface area (Å²) in [4.78, 5) is 22.9. The topological polar surface area (TPSA) is 34.1 Å². The van der Waals surface area contributed by atoms with Crippen LogP contribution in [0.1, 0.15) is 6.92 Å². The lowest BCUT2D eigenvalue weighted by Crippen LogP contribution is -2.38. The molecule has 0 amide bonds. The zero-order valence-corrected chi connectivity index (χ0v) is 10.1. The Balaban J connectivity index is 3.05. The van der Waals surface area contributed by atoms with E-state index in [4.69, 9.17) is 11.6 Å². The van der Waals surface area contributed by atoms with Crippen molar-refractivity contribution in [2.75, 3.05) is 0 Å². The number of rotatable bonds is 0. The highest BCUT2D eigenvalue weighted by molar-refractivity contribution is 9.10. The van der Waals surface area contributed by atoms with Crippen LogP contribution in [0, 0.1) is 0 Å². The van der Waals surface area contributed by atoms with Gasteiger partial charge in [-0.1, -0.05) is 33.6 Å². The average molecular weight is 286 g/mol. The Bertz CT molecular complexity index is 602. The minimum absolute atomic E-state index is 0.00176. The third-order valence-electron chi connectivity index (χ3n) is 2.37. The molecule has 0 fully saturated rings. The number of carbonyl (C=O) groups excluding carboxylic acids is 2. The third-order valence-corrected chi connectivity index (χ3v) is 3.24. The van der Waals surface area contributed by atoms with Gasteiger partial charge in [0.25, 0.3) is 0 Å². The molecular formula is C11H6BrClO2. The Kier molecular flexibility index (Phi) is 2.52. The molecule has 1 aliphatic carbocycles. The minimum atomic E-state index is -0.625. The van der Waals surface area contributed by atoms with E-state index in [0.29, 0.717) is 10.8 Å². The van der Waals surface area contributed by atoms with Gasteiger partial charge in [-0.25, -0.2) is 0 Å². The van der Waals surface area contributed by atoms with Gasteiger partial charge in [0, 0.05) is 15.3 Å². The second-order valence-corrected chi connectivity index (χ2v) is 4.58. The van der Waals surface area contributed by atoms with Crippen LogP contribution >= 0.6 is 27.5 Å². The van der Waals surface area contributed by atoms with Crippen LogP contribution in [-0.2, 0) is 9.59 Å². The first-order valence-corrected chi connectivity index (χ1v) is 5.45. The summed E-state index contributed by atoms with van der Waals surface area (Å²) in [5, 5.41) is 1.35. The van der Waals surface area contributed by atoms with Gasteiger partial charge in [-0.2, -0.15) is 0 Å². The van der Waals surface area contributed by atoms with Gasteiger partial charge in [-0.05, 0) is 24.3 Å². The van der Waals surface area contributed by atoms with Gasteiger partial charge in [-0.15, -0.1) is 0 Å². The fourth-order valence-corrected chi connectivity index (χ4v) is 2.14. The highest BCUT2D eigenvalue weighted by Gasteiger charge is 2.24. The largest absolute Gasteiger partial charge is 0.285 e. The van der Waals surface area contributed by atoms with Crippen molar-refractivity contribution in [1.82, 2.24) is 0 Å². The molecular weight excluding hydrogens is 279 g/mol. The quantitative estimate of drug-likeness (QED) is 0.670. The van der Waals surface area contributed by atoms with Crippen LogP contribution < -0.4 is 10.4 Å². The molecule has 0 aliphatic heterocycles. The maximum Gasteiger partial charge on any atom is 0.245 e. The molecule has 1 aromatic rings. The van der Waals surface area contributed by atoms with Crippen LogP contribution in [0.2, 0.25) is 0 Å². The minimum Gasteiger partial charge on any atom is -0.285 e. The molecule has 1 aliphatic rings. The lowest BCUT2D eigenvalue weighted by molar-refractivity contribution is -0.129. The van der Waals surface area contributed by atoms with E-state index in [0.717, 1.165) is 9.69 Å². The van der Waals surface area contributed by atoms with Gasteiger partial charge < -0.3 is 0 Å². The van der Waals surface area contributed by atoms with E-state index in [-0.39, 0.29) is 5.03 Å². The Morgan fingerprint density at radius 2 is 1.80 bits per heavy atom. The second-order valence-electron chi connectivity index (χ2n) is 3.29. The van der Waals surface area contributed by atoms with Gasteiger partial charge >= 0.3 is 0 Å². The SMILES string of the molecule is CC1=c2ccc(Br)cc2=C(Cl)C(=O)C1=O. The van der Waals surface area contributed by atoms with E-state index >= 15 is 0 Å². The Labute approximate surface area is 99.4 Å². The summed E-state index contributed by atoms with van der Waals surface area (Å²) in [6.07, 6.45) is 0. The van der Waals surface area contributed by atoms with E-state index in [9.17, 15) is 9.59 Å². The first-order chi connectivity index (χ1) is 7.02. The fourth-order valence-electron chi connectivity index (χ4n) is 1.54. The standard InChI is InChI=1S/C11H6BrClO2/c1-5-7-3-2-6(12)4-8(7)9(13)11(15)10(5)14/h2-4H,1H3. The summed E-state index contributed by atoms with van der Waals surface area (Å²) < 4.78 is 0.828. The molecule has 4 heteroatoms. The number of hydrogen-bond acceptors (Lipinski definition) is 2. The van der Waals surface area contributed by atoms with Gasteiger partial charge in [0.1, 0.15) is 0 Å². The van der Waals surface area contributed by atoms with Crippen molar-refractivity contribution in [2.24, 2.45) is 0 Å². The molecule has 2 rings (SSSR count). The van der Waals surface area contributed by atoms with Crippen molar-refractivity contribution in [1.29, 1.82) is 0 Å². The summed E-state index contributed by atoms with van der Waals surface area (Å²) in [5.41, 5.74) is 0.451. The molecule has 0 spiro atoms. The normalized spacial score (nSPS) is 15.7. The lowest BCUT2D eigenvalue weighted by Gasteiger charge is -2.07. The molecule has 2 nitrogen and oxygen atoms in total. The molecule has 0 bridgehead atoms. The summed E-state index contributed by atoms with van der Waals surface area (Å²) in [5.74, 6) is -1.14. The smallest absolute Gasteiger partial charge is 0.245 e. The maximum absolute atomic E-state index is 11.5. The van der Waals surface area contributed by atoms with Crippen LogP contribution in [0.25, 0.3) is 10.6 Å². The predicted molar refractivity (Wildman–Crippen MR) is 61.7 cm³/mol. The molecule has 1 aromatic carbocycles. The van der Waals surface area contributed by atoms with Crippen LogP contribution in [0.15, 0.2) is 22.7 Å². The van der Waals surface area contributed by atoms with Crippen molar-refractivity contribution in [2.45, 2.75) is 6.92 Å². The zero-order valence-electron chi connectivity index (χ0n) is 7.80. The van der Waals surface area contributed by atoms with Crippen molar-refractivity contribution in [3.05, 3.63) is 33.1 Å². The summed E-state index contributed by atoms with van der Waals surface area (Å²) in [6.45, 7) is 1.64. The van der Waals surface area contributed by atoms with Crippen LogP contribution in [0.5, 0.6) is 0 Å². The molecule has 0 radical (unpaired) electrons. The molecule has 15 heavy (non-hydrogen) atoms. The van der Waals surface area contributed by atoms with Crippen LogP contribution in [0.3, 0.4) is 0 Å².